The van der Waals surface area contributed by atoms with Gasteiger partial charge in [-0.3, -0.25) is 0 Å². The van der Waals surface area contributed by atoms with E-state index in [1.165, 1.54) is 29.5 Å². The summed E-state index contributed by atoms with van der Waals surface area (Å²) < 4.78 is 0. The molecular formula is C9H7N3O2S. The summed E-state index contributed by atoms with van der Waals surface area (Å²) in [7, 11) is 0. The molecule has 1 heterocycles. The van der Waals surface area contributed by atoms with Crippen molar-refractivity contribution in [2.75, 3.05) is 0 Å². The first-order valence-electron chi connectivity index (χ1n) is 4.08. The quantitative estimate of drug-likeness (QED) is 0.765. The molecule has 15 heavy (non-hydrogen) atoms. The van der Waals surface area contributed by atoms with Crippen LogP contribution in [0.3, 0.4) is 0 Å². The van der Waals surface area contributed by atoms with E-state index < -0.39 is 0 Å². The maximum Gasteiger partial charge on any atom is 0.185 e. The molecule has 1 aromatic carbocycles. The first-order chi connectivity index (χ1) is 7.27. The van der Waals surface area contributed by atoms with Crippen LogP contribution in [0.4, 0.5) is 11.5 Å². The van der Waals surface area contributed by atoms with E-state index >= 15 is 0 Å². The zero-order valence-corrected chi connectivity index (χ0v) is 8.35. The van der Waals surface area contributed by atoms with Gasteiger partial charge in [0.25, 0.3) is 0 Å². The number of thiazole rings is 1. The van der Waals surface area contributed by atoms with Crippen LogP contribution >= 0.6 is 11.3 Å². The minimum atomic E-state index is -0.117. The van der Waals surface area contributed by atoms with Crippen LogP contribution < -0.4 is 0 Å². The summed E-state index contributed by atoms with van der Waals surface area (Å²) in [5, 5.41) is 28.0. The summed E-state index contributed by atoms with van der Waals surface area (Å²) in [6.07, 6.45) is 0. The van der Waals surface area contributed by atoms with Gasteiger partial charge in [-0.1, -0.05) is 6.07 Å². The fourth-order valence-electron chi connectivity index (χ4n) is 0.979. The smallest absolute Gasteiger partial charge is 0.185 e. The number of aromatic hydroxyl groups is 2. The molecule has 6 heteroatoms. The van der Waals surface area contributed by atoms with Crippen molar-refractivity contribution in [3.63, 3.8) is 0 Å². The third-order valence-corrected chi connectivity index (χ3v) is 2.24. The maximum absolute atomic E-state index is 9.39. The molecule has 0 saturated heterocycles. The lowest BCUT2D eigenvalue weighted by Crippen LogP contribution is -1.69. The highest BCUT2D eigenvalue weighted by Gasteiger charge is 2.04. The summed E-state index contributed by atoms with van der Waals surface area (Å²) in [5.41, 5.74) is 1.67. The SMILES string of the molecule is Oc1cccc(O)c1/N=N/c1cscn1. The Kier molecular flexibility index (Phi) is 2.59. The first-order valence-corrected chi connectivity index (χ1v) is 5.02. The Hall–Kier alpha value is -1.95. The summed E-state index contributed by atoms with van der Waals surface area (Å²) in [6, 6.07) is 4.37. The Bertz CT molecular complexity index is 462. The van der Waals surface area contributed by atoms with E-state index in [-0.39, 0.29) is 17.2 Å². The average Bonchev–Trinajstić information content (AvgIpc) is 2.70. The van der Waals surface area contributed by atoms with Gasteiger partial charge in [0.05, 0.1) is 5.51 Å². The van der Waals surface area contributed by atoms with Gasteiger partial charge in [0, 0.05) is 5.38 Å². The summed E-state index contributed by atoms with van der Waals surface area (Å²) >= 11 is 1.39. The highest BCUT2D eigenvalue weighted by Crippen LogP contribution is 2.36. The molecule has 2 aromatic rings. The molecule has 0 radical (unpaired) electrons. The van der Waals surface area contributed by atoms with E-state index in [4.69, 9.17) is 0 Å². The van der Waals surface area contributed by atoms with E-state index in [0.29, 0.717) is 5.82 Å². The van der Waals surface area contributed by atoms with Gasteiger partial charge in [-0.15, -0.1) is 21.6 Å². The molecule has 0 atom stereocenters. The highest BCUT2D eigenvalue weighted by molar-refractivity contribution is 7.07. The number of nitrogens with zero attached hydrogens (tertiary/aromatic N) is 3. The second kappa shape index (κ2) is 4.05. The molecule has 5 nitrogen and oxygen atoms in total. The lowest BCUT2D eigenvalue weighted by Gasteiger charge is -1.98. The normalized spacial score (nSPS) is 10.9. The van der Waals surface area contributed by atoms with Crippen molar-refractivity contribution in [1.29, 1.82) is 0 Å². The number of aromatic nitrogens is 1. The van der Waals surface area contributed by atoms with E-state index in [2.05, 4.69) is 15.2 Å². The van der Waals surface area contributed by atoms with Crippen LogP contribution in [0.15, 0.2) is 39.3 Å². The van der Waals surface area contributed by atoms with Crippen molar-refractivity contribution in [1.82, 2.24) is 4.98 Å². The Balaban J connectivity index is 2.32. The maximum atomic E-state index is 9.39. The molecule has 0 amide bonds. The molecule has 0 saturated carbocycles. The van der Waals surface area contributed by atoms with E-state index in [1.807, 2.05) is 0 Å². The van der Waals surface area contributed by atoms with Crippen molar-refractivity contribution < 1.29 is 10.2 Å². The van der Waals surface area contributed by atoms with Gasteiger partial charge in [0.2, 0.25) is 0 Å². The average molecular weight is 221 g/mol. The molecule has 76 valence electrons. The van der Waals surface area contributed by atoms with Crippen molar-refractivity contribution in [2.24, 2.45) is 10.2 Å². The molecule has 1 aromatic heterocycles. The standard InChI is InChI=1S/C9H7N3O2S/c13-6-2-1-3-7(14)9(6)12-11-8-4-15-5-10-8/h1-5,13-14H/b12-11+. The van der Waals surface area contributed by atoms with Gasteiger partial charge in [-0.25, -0.2) is 4.98 Å². The lowest BCUT2D eigenvalue weighted by atomic mass is 10.3. The van der Waals surface area contributed by atoms with Gasteiger partial charge in [0.1, 0.15) is 11.5 Å². The molecule has 0 unspecified atom stereocenters. The predicted molar refractivity (Wildman–Crippen MR) is 56.1 cm³/mol. The third kappa shape index (κ3) is 2.10. The summed E-state index contributed by atoms with van der Waals surface area (Å²) in [4.78, 5) is 3.89. The molecular weight excluding hydrogens is 214 g/mol. The van der Waals surface area contributed by atoms with E-state index in [1.54, 1.807) is 10.9 Å². The predicted octanol–water partition coefficient (Wildman–Crippen LogP) is 2.97. The minimum Gasteiger partial charge on any atom is -0.505 e. The number of phenols is 2. The molecule has 0 spiro atoms. The second-order valence-electron chi connectivity index (χ2n) is 2.69. The molecule has 0 fully saturated rings. The van der Waals surface area contributed by atoms with Crippen molar-refractivity contribution in [2.45, 2.75) is 0 Å². The number of phenolic OH excluding ortho intramolecular Hbond substituents is 2. The number of hydrogen-bond donors (Lipinski definition) is 2. The zero-order valence-electron chi connectivity index (χ0n) is 7.53. The molecule has 0 aliphatic rings. The topological polar surface area (TPSA) is 78.1 Å². The van der Waals surface area contributed by atoms with Crippen LogP contribution in [0.2, 0.25) is 0 Å². The van der Waals surface area contributed by atoms with Gasteiger partial charge in [-0.2, -0.15) is 0 Å². The Morgan fingerprint density at radius 3 is 2.47 bits per heavy atom. The zero-order chi connectivity index (χ0) is 10.7. The molecule has 0 aliphatic carbocycles. The van der Waals surface area contributed by atoms with E-state index in [9.17, 15) is 10.2 Å². The third-order valence-electron chi connectivity index (χ3n) is 1.67. The van der Waals surface area contributed by atoms with Crippen LogP contribution in [0.5, 0.6) is 11.5 Å². The minimum absolute atomic E-state index is 0.0468. The van der Waals surface area contributed by atoms with Crippen LogP contribution in [0.25, 0.3) is 0 Å². The van der Waals surface area contributed by atoms with Crippen LogP contribution in [0, 0.1) is 0 Å². The fraction of sp³-hybridized carbons (Fsp3) is 0. The summed E-state index contributed by atoms with van der Waals surface area (Å²) in [6.45, 7) is 0. The molecule has 2 N–H and O–H groups in total. The van der Waals surface area contributed by atoms with Gasteiger partial charge in [-0.05, 0) is 12.1 Å². The Morgan fingerprint density at radius 1 is 1.13 bits per heavy atom. The van der Waals surface area contributed by atoms with Crippen molar-refractivity contribution >= 4 is 22.8 Å². The number of hydrogen-bond acceptors (Lipinski definition) is 6. The highest BCUT2D eigenvalue weighted by atomic mass is 32.1. The van der Waals surface area contributed by atoms with Gasteiger partial charge in [0.15, 0.2) is 11.5 Å². The lowest BCUT2D eigenvalue weighted by molar-refractivity contribution is 0.452. The molecule has 0 aliphatic heterocycles. The van der Waals surface area contributed by atoms with Gasteiger partial charge >= 0.3 is 0 Å². The summed E-state index contributed by atoms with van der Waals surface area (Å²) in [5.74, 6) is 0.214. The fourth-order valence-corrected chi connectivity index (χ4v) is 1.44. The Morgan fingerprint density at radius 2 is 1.87 bits per heavy atom. The van der Waals surface area contributed by atoms with E-state index in [0.717, 1.165) is 0 Å². The second-order valence-corrected chi connectivity index (χ2v) is 3.41. The Labute approximate surface area is 89.4 Å². The first kappa shape index (κ1) is 9.60. The van der Waals surface area contributed by atoms with Crippen LogP contribution in [-0.4, -0.2) is 15.2 Å². The largest absolute Gasteiger partial charge is 0.505 e. The van der Waals surface area contributed by atoms with Crippen LogP contribution in [0.1, 0.15) is 0 Å². The van der Waals surface area contributed by atoms with Crippen molar-refractivity contribution in [3.8, 4) is 11.5 Å². The molecule has 0 bridgehead atoms. The van der Waals surface area contributed by atoms with Gasteiger partial charge < -0.3 is 10.2 Å². The monoisotopic (exact) mass is 221 g/mol. The number of rotatable bonds is 2. The van der Waals surface area contributed by atoms with Crippen LogP contribution in [-0.2, 0) is 0 Å². The molecule has 2 rings (SSSR count). The number of azo groups is 1. The van der Waals surface area contributed by atoms with Crippen molar-refractivity contribution in [3.05, 3.63) is 29.1 Å². The number of benzene rings is 1.